The maximum atomic E-state index is 12.2. The van der Waals surface area contributed by atoms with E-state index < -0.39 is 0 Å². The van der Waals surface area contributed by atoms with E-state index in [0.29, 0.717) is 13.0 Å². The molecule has 1 fully saturated rings. The van der Waals surface area contributed by atoms with Crippen LogP contribution in [0.1, 0.15) is 24.0 Å². The normalized spacial score (nSPS) is 17.6. The van der Waals surface area contributed by atoms with E-state index in [1.807, 2.05) is 41.3 Å². The van der Waals surface area contributed by atoms with Crippen molar-refractivity contribution in [3.63, 3.8) is 0 Å². The lowest BCUT2D eigenvalue weighted by molar-refractivity contribution is -0.129. The number of carbonyl (C=O) groups is 1. The number of hydrogen-bond donors (Lipinski definition) is 0. The molecule has 1 heterocycles. The molecule has 4 heteroatoms. The van der Waals surface area contributed by atoms with E-state index in [4.69, 9.17) is 16.3 Å². The maximum absolute atomic E-state index is 12.2. The van der Waals surface area contributed by atoms with Crippen LogP contribution in [0.3, 0.4) is 0 Å². The summed E-state index contributed by atoms with van der Waals surface area (Å²) in [6.07, 6.45) is 2.43. The Kier molecular flexibility index (Phi) is 4.87. The summed E-state index contributed by atoms with van der Waals surface area (Å²) in [7, 11) is 1.67. The van der Waals surface area contributed by atoms with Crippen molar-refractivity contribution in [3.8, 4) is 5.75 Å². The van der Waals surface area contributed by atoms with Crippen molar-refractivity contribution in [3.05, 3.63) is 64.7 Å². The zero-order valence-electron chi connectivity index (χ0n) is 13.2. The molecular formula is C19H20ClNO2. The molecule has 0 radical (unpaired) electrons. The van der Waals surface area contributed by atoms with Gasteiger partial charge in [-0.15, -0.1) is 0 Å². The first kappa shape index (κ1) is 15.9. The van der Waals surface area contributed by atoms with Gasteiger partial charge in [-0.05, 0) is 48.2 Å². The number of amides is 1. The SMILES string of the molecule is COc1ccc(C[C@@H]2CCC(=O)N2Cc2ccc(Cl)cc2)cc1. The fraction of sp³-hybridized carbons (Fsp3) is 0.316. The molecule has 23 heavy (non-hydrogen) atoms. The number of nitrogens with zero attached hydrogens (tertiary/aromatic N) is 1. The first-order chi connectivity index (χ1) is 11.2. The average Bonchev–Trinajstić information content (AvgIpc) is 2.91. The fourth-order valence-corrected chi connectivity index (χ4v) is 3.17. The molecule has 1 aliphatic heterocycles. The molecule has 0 aromatic heterocycles. The first-order valence-electron chi connectivity index (χ1n) is 7.82. The van der Waals surface area contributed by atoms with E-state index >= 15 is 0 Å². The van der Waals surface area contributed by atoms with Crippen molar-refractivity contribution >= 4 is 17.5 Å². The molecule has 1 aliphatic rings. The molecule has 3 rings (SSSR count). The second kappa shape index (κ2) is 7.05. The highest BCUT2D eigenvalue weighted by Gasteiger charge is 2.30. The zero-order chi connectivity index (χ0) is 16.2. The second-order valence-electron chi connectivity index (χ2n) is 5.89. The average molecular weight is 330 g/mol. The third kappa shape index (κ3) is 3.85. The van der Waals surface area contributed by atoms with Gasteiger partial charge in [-0.25, -0.2) is 0 Å². The number of ether oxygens (including phenoxy) is 1. The van der Waals surface area contributed by atoms with Gasteiger partial charge in [0.15, 0.2) is 0 Å². The lowest BCUT2D eigenvalue weighted by Gasteiger charge is -2.25. The molecule has 0 bridgehead atoms. The van der Waals surface area contributed by atoms with Crippen LogP contribution >= 0.6 is 11.6 Å². The fourth-order valence-electron chi connectivity index (χ4n) is 3.04. The van der Waals surface area contributed by atoms with Gasteiger partial charge >= 0.3 is 0 Å². The Morgan fingerprint density at radius 3 is 2.39 bits per heavy atom. The summed E-state index contributed by atoms with van der Waals surface area (Å²) in [6, 6.07) is 16.0. The van der Waals surface area contributed by atoms with Crippen molar-refractivity contribution in [1.82, 2.24) is 4.90 Å². The molecule has 120 valence electrons. The molecule has 1 saturated heterocycles. The minimum Gasteiger partial charge on any atom is -0.497 e. The van der Waals surface area contributed by atoms with Crippen LogP contribution in [0, 0.1) is 0 Å². The Morgan fingerprint density at radius 1 is 1.09 bits per heavy atom. The third-order valence-electron chi connectivity index (χ3n) is 4.35. The number of benzene rings is 2. The Balaban J connectivity index is 1.69. The zero-order valence-corrected chi connectivity index (χ0v) is 13.9. The van der Waals surface area contributed by atoms with Crippen molar-refractivity contribution in [2.75, 3.05) is 7.11 Å². The molecule has 3 nitrogen and oxygen atoms in total. The van der Waals surface area contributed by atoms with Gasteiger partial charge in [-0.2, -0.15) is 0 Å². The molecule has 0 aliphatic carbocycles. The van der Waals surface area contributed by atoms with E-state index in [0.717, 1.165) is 29.2 Å². The smallest absolute Gasteiger partial charge is 0.223 e. The van der Waals surface area contributed by atoms with E-state index in [1.54, 1.807) is 7.11 Å². The second-order valence-corrected chi connectivity index (χ2v) is 6.33. The lowest BCUT2D eigenvalue weighted by Crippen LogP contribution is -2.33. The Hall–Kier alpha value is -2.00. The largest absolute Gasteiger partial charge is 0.497 e. The number of methoxy groups -OCH3 is 1. The highest BCUT2D eigenvalue weighted by molar-refractivity contribution is 6.30. The minimum absolute atomic E-state index is 0.235. The van der Waals surface area contributed by atoms with Crippen LogP contribution in [0.2, 0.25) is 5.02 Å². The van der Waals surface area contributed by atoms with Crippen LogP contribution in [0.5, 0.6) is 5.75 Å². The molecule has 0 spiro atoms. The van der Waals surface area contributed by atoms with Gasteiger partial charge in [-0.1, -0.05) is 35.9 Å². The van der Waals surface area contributed by atoms with Crippen molar-refractivity contribution < 1.29 is 9.53 Å². The van der Waals surface area contributed by atoms with Crippen LogP contribution in [-0.4, -0.2) is 24.0 Å². The number of hydrogen-bond acceptors (Lipinski definition) is 2. The number of rotatable bonds is 5. The summed E-state index contributed by atoms with van der Waals surface area (Å²) in [6.45, 7) is 0.650. The van der Waals surface area contributed by atoms with E-state index in [-0.39, 0.29) is 11.9 Å². The standard InChI is InChI=1S/C19H20ClNO2/c1-23-18-9-4-14(5-10-18)12-17-8-11-19(22)21(17)13-15-2-6-16(20)7-3-15/h2-7,9-10,17H,8,11-13H2,1H3/t17-/m0/s1. The van der Waals surface area contributed by atoms with Crippen molar-refractivity contribution in [2.24, 2.45) is 0 Å². The van der Waals surface area contributed by atoms with Crippen molar-refractivity contribution in [2.45, 2.75) is 31.8 Å². The van der Waals surface area contributed by atoms with Gasteiger partial charge < -0.3 is 9.64 Å². The van der Waals surface area contributed by atoms with Gasteiger partial charge in [0.1, 0.15) is 5.75 Å². The molecule has 0 N–H and O–H groups in total. The minimum atomic E-state index is 0.235. The van der Waals surface area contributed by atoms with Crippen LogP contribution in [-0.2, 0) is 17.8 Å². The third-order valence-corrected chi connectivity index (χ3v) is 4.60. The van der Waals surface area contributed by atoms with Gasteiger partial charge in [0.05, 0.1) is 7.11 Å². The molecule has 1 amide bonds. The summed E-state index contributed by atoms with van der Waals surface area (Å²) >= 11 is 5.93. The number of halogens is 1. The summed E-state index contributed by atoms with van der Waals surface area (Å²) in [5.41, 5.74) is 2.34. The maximum Gasteiger partial charge on any atom is 0.223 e. The first-order valence-corrected chi connectivity index (χ1v) is 8.20. The van der Waals surface area contributed by atoms with Crippen LogP contribution < -0.4 is 4.74 Å². The Morgan fingerprint density at radius 2 is 1.74 bits per heavy atom. The van der Waals surface area contributed by atoms with E-state index in [2.05, 4.69) is 12.1 Å². The highest BCUT2D eigenvalue weighted by Crippen LogP contribution is 2.25. The molecular weight excluding hydrogens is 310 g/mol. The Labute approximate surface area is 141 Å². The summed E-state index contributed by atoms with van der Waals surface area (Å²) < 4.78 is 5.19. The van der Waals surface area contributed by atoms with Gasteiger partial charge in [0.2, 0.25) is 5.91 Å². The predicted molar refractivity (Wildman–Crippen MR) is 91.7 cm³/mol. The summed E-state index contributed by atoms with van der Waals surface area (Å²) in [5, 5.41) is 0.719. The lowest BCUT2D eigenvalue weighted by atomic mass is 10.0. The molecule has 1 atom stereocenters. The number of carbonyl (C=O) groups excluding carboxylic acids is 1. The molecule has 2 aromatic rings. The van der Waals surface area contributed by atoms with Crippen LogP contribution in [0.25, 0.3) is 0 Å². The van der Waals surface area contributed by atoms with E-state index in [1.165, 1.54) is 5.56 Å². The van der Waals surface area contributed by atoms with Crippen molar-refractivity contribution in [1.29, 1.82) is 0 Å². The van der Waals surface area contributed by atoms with Crippen LogP contribution in [0.4, 0.5) is 0 Å². The molecule has 2 aromatic carbocycles. The van der Waals surface area contributed by atoms with Gasteiger partial charge in [0.25, 0.3) is 0 Å². The van der Waals surface area contributed by atoms with E-state index in [9.17, 15) is 4.79 Å². The molecule has 0 unspecified atom stereocenters. The molecule has 0 saturated carbocycles. The monoisotopic (exact) mass is 329 g/mol. The predicted octanol–water partition coefficient (Wildman–Crippen LogP) is 4.08. The van der Waals surface area contributed by atoms with Gasteiger partial charge in [-0.3, -0.25) is 4.79 Å². The Bertz CT molecular complexity index is 667. The quantitative estimate of drug-likeness (QED) is 0.827. The summed E-state index contributed by atoms with van der Waals surface area (Å²) in [5.74, 6) is 1.09. The summed E-state index contributed by atoms with van der Waals surface area (Å²) in [4.78, 5) is 14.2. The van der Waals surface area contributed by atoms with Gasteiger partial charge in [0, 0.05) is 24.0 Å². The topological polar surface area (TPSA) is 29.5 Å². The highest BCUT2D eigenvalue weighted by atomic mass is 35.5. The van der Waals surface area contributed by atoms with Crippen LogP contribution in [0.15, 0.2) is 48.5 Å². The number of likely N-dealkylation sites (tertiary alicyclic amines) is 1.